The van der Waals surface area contributed by atoms with Crippen molar-refractivity contribution < 1.29 is 0 Å². The van der Waals surface area contributed by atoms with Gasteiger partial charge in [0.25, 0.3) is 0 Å². The Balaban J connectivity index is 1.38. The zero-order chi connectivity index (χ0) is 25.7. The highest BCUT2D eigenvalue weighted by Crippen LogP contribution is 2.70. The smallest absolute Gasteiger partial charge is 0.00361 e. The second-order valence-electron chi connectivity index (χ2n) is 13.8. The molecule has 12 rings (SSSR count). The average Bonchev–Trinajstić information content (AvgIpc) is 2.99. The highest BCUT2D eigenvalue weighted by molar-refractivity contribution is 6.33. The zero-order valence-electron chi connectivity index (χ0n) is 22.6. The molecule has 0 saturated heterocycles. The number of rotatable bonds is 0. The molecule has 7 aromatic carbocycles. The van der Waals surface area contributed by atoms with Gasteiger partial charge >= 0.3 is 0 Å². The lowest BCUT2D eigenvalue weighted by Gasteiger charge is -2.63. The van der Waals surface area contributed by atoms with Gasteiger partial charge in [-0.2, -0.15) is 0 Å². The van der Waals surface area contributed by atoms with E-state index >= 15 is 0 Å². The molecule has 5 aliphatic rings. The number of hydrogen-bond acceptors (Lipinski definition) is 0. The highest BCUT2D eigenvalue weighted by Gasteiger charge is 2.59. The molecule has 5 aliphatic carbocycles. The Hall–Kier alpha value is -3.90. The van der Waals surface area contributed by atoms with E-state index in [1.165, 1.54) is 86.0 Å². The lowest BCUT2D eigenvalue weighted by molar-refractivity contribution is -0.0276. The van der Waals surface area contributed by atoms with Crippen LogP contribution in [0.3, 0.4) is 0 Å². The summed E-state index contributed by atoms with van der Waals surface area (Å²) in [6, 6.07) is 37.9. The van der Waals surface area contributed by atoms with Crippen molar-refractivity contribution in [3.63, 3.8) is 0 Å². The summed E-state index contributed by atoms with van der Waals surface area (Å²) in [6.45, 7) is 0. The van der Waals surface area contributed by atoms with Crippen LogP contribution in [0.25, 0.3) is 64.6 Å². The molecule has 4 bridgehead atoms. The molecule has 0 aliphatic heterocycles. The zero-order valence-corrected chi connectivity index (χ0v) is 22.6. The van der Waals surface area contributed by atoms with Gasteiger partial charge in [0.05, 0.1) is 0 Å². The van der Waals surface area contributed by atoms with Gasteiger partial charge < -0.3 is 0 Å². The van der Waals surface area contributed by atoms with Crippen LogP contribution in [-0.2, 0) is 5.41 Å². The van der Waals surface area contributed by atoms with Gasteiger partial charge in [-0.1, -0.05) is 84.9 Å². The summed E-state index contributed by atoms with van der Waals surface area (Å²) < 4.78 is 0. The van der Waals surface area contributed by atoms with Crippen LogP contribution in [0.1, 0.15) is 49.1 Å². The number of hydrogen-bond donors (Lipinski definition) is 0. The standard InChI is InChI=1S/C40H30/c1-3-9-27-25(7-1)26-8-2-4-10-28(26)33-19-35-30-12-6-14-36-38(30)37-29(34(35)18-32(27)33)11-5-13-31(37)39-24-16-22-15-23(17-24)21-40(36,39)20-22/h1-14,18-19,22-24,39H,15-17,20-21H2/t22?,23?,24?,39-,40?/m1/s1. The first-order valence-electron chi connectivity index (χ1n) is 15.4. The molecule has 3 atom stereocenters. The third-order valence-corrected chi connectivity index (χ3v) is 12.1. The maximum atomic E-state index is 2.55. The van der Waals surface area contributed by atoms with Crippen molar-refractivity contribution in [2.75, 3.05) is 0 Å². The van der Waals surface area contributed by atoms with Crippen LogP contribution < -0.4 is 0 Å². The molecular weight excluding hydrogens is 480 g/mol. The summed E-state index contributed by atoms with van der Waals surface area (Å²) in [5, 5.41) is 17.2. The van der Waals surface area contributed by atoms with Gasteiger partial charge in [-0.05, 0) is 144 Å². The molecule has 0 aromatic heterocycles. The largest absolute Gasteiger partial charge is 0.0616 e. The molecule has 0 heterocycles. The Labute approximate surface area is 233 Å². The fraction of sp³-hybridized carbons (Fsp3) is 0.250. The lowest BCUT2D eigenvalue weighted by Crippen LogP contribution is -2.54. The van der Waals surface area contributed by atoms with Gasteiger partial charge in [-0.15, -0.1) is 0 Å². The summed E-state index contributed by atoms with van der Waals surface area (Å²) in [5.41, 5.74) is 3.72. The minimum atomic E-state index is 0.350. The minimum absolute atomic E-state index is 0.350. The van der Waals surface area contributed by atoms with Gasteiger partial charge in [0.15, 0.2) is 0 Å². The summed E-state index contributed by atoms with van der Waals surface area (Å²) >= 11 is 0. The van der Waals surface area contributed by atoms with Crippen molar-refractivity contribution in [1.82, 2.24) is 0 Å². The van der Waals surface area contributed by atoms with Crippen LogP contribution >= 0.6 is 0 Å². The maximum absolute atomic E-state index is 2.55. The molecular formula is C40H30. The molecule has 0 radical (unpaired) electrons. The van der Waals surface area contributed by atoms with E-state index < -0.39 is 0 Å². The second kappa shape index (κ2) is 6.87. The molecule has 190 valence electrons. The normalized spacial score (nSPS) is 28.1. The van der Waals surface area contributed by atoms with Gasteiger partial charge in [0.2, 0.25) is 0 Å². The Morgan fingerprint density at radius 3 is 1.57 bits per heavy atom. The topological polar surface area (TPSA) is 0 Å². The molecule has 4 fully saturated rings. The van der Waals surface area contributed by atoms with Crippen molar-refractivity contribution in [2.45, 2.75) is 43.4 Å². The molecule has 0 heteroatoms. The predicted molar refractivity (Wildman–Crippen MR) is 169 cm³/mol. The Morgan fingerprint density at radius 2 is 0.950 bits per heavy atom. The Bertz CT molecular complexity index is 2270. The SMILES string of the molecule is c1ccc2c(c1)c1ccccc1c1cc3c(cc21)c1cccc2c1c1c(cccc31)C13CC4CC(CC(C4)[C@H]21)C3. The number of benzene rings is 7. The first-order chi connectivity index (χ1) is 19.8. The van der Waals surface area contributed by atoms with E-state index in [1.807, 2.05) is 0 Å². The highest BCUT2D eigenvalue weighted by atomic mass is 14.6. The molecule has 40 heavy (non-hydrogen) atoms. The van der Waals surface area contributed by atoms with E-state index in [9.17, 15) is 0 Å². The van der Waals surface area contributed by atoms with E-state index in [4.69, 9.17) is 0 Å². The molecule has 0 amide bonds. The maximum Gasteiger partial charge on any atom is 0.00361 e. The second-order valence-corrected chi connectivity index (χ2v) is 13.8. The summed E-state index contributed by atoms with van der Waals surface area (Å²) in [6.07, 6.45) is 7.23. The predicted octanol–water partition coefficient (Wildman–Crippen LogP) is 10.8. The van der Waals surface area contributed by atoms with Crippen molar-refractivity contribution in [1.29, 1.82) is 0 Å². The van der Waals surface area contributed by atoms with Crippen molar-refractivity contribution in [3.05, 3.63) is 108 Å². The molecule has 4 saturated carbocycles. The van der Waals surface area contributed by atoms with Crippen LogP contribution in [0.2, 0.25) is 0 Å². The van der Waals surface area contributed by atoms with Crippen LogP contribution in [-0.4, -0.2) is 0 Å². The van der Waals surface area contributed by atoms with Gasteiger partial charge in [-0.25, -0.2) is 0 Å². The summed E-state index contributed by atoms with van der Waals surface area (Å²) in [5.74, 6) is 3.44. The van der Waals surface area contributed by atoms with E-state index in [2.05, 4.69) is 97.1 Å². The van der Waals surface area contributed by atoms with Gasteiger partial charge in [0.1, 0.15) is 0 Å². The van der Waals surface area contributed by atoms with Gasteiger partial charge in [0, 0.05) is 5.41 Å². The molecule has 7 aromatic rings. The molecule has 2 unspecified atom stereocenters. The Morgan fingerprint density at radius 1 is 0.450 bits per heavy atom. The fourth-order valence-electron chi connectivity index (χ4n) is 11.2. The lowest BCUT2D eigenvalue weighted by atomic mass is 9.41. The average molecular weight is 511 g/mol. The van der Waals surface area contributed by atoms with E-state index in [0.29, 0.717) is 11.3 Å². The van der Waals surface area contributed by atoms with Crippen LogP contribution in [0.4, 0.5) is 0 Å². The van der Waals surface area contributed by atoms with Crippen molar-refractivity contribution in [3.8, 4) is 0 Å². The van der Waals surface area contributed by atoms with E-state index in [0.717, 1.165) is 17.8 Å². The number of fused-ring (bicyclic) bond motifs is 9. The molecule has 0 N–H and O–H groups in total. The van der Waals surface area contributed by atoms with Crippen molar-refractivity contribution >= 4 is 64.6 Å². The fourth-order valence-corrected chi connectivity index (χ4v) is 11.2. The minimum Gasteiger partial charge on any atom is -0.0616 e. The van der Waals surface area contributed by atoms with Crippen LogP contribution in [0.5, 0.6) is 0 Å². The monoisotopic (exact) mass is 510 g/mol. The van der Waals surface area contributed by atoms with E-state index in [1.54, 1.807) is 21.9 Å². The first kappa shape index (κ1) is 20.9. The third kappa shape index (κ3) is 2.28. The van der Waals surface area contributed by atoms with Gasteiger partial charge in [-0.3, -0.25) is 0 Å². The van der Waals surface area contributed by atoms with E-state index in [-0.39, 0.29) is 0 Å². The quantitative estimate of drug-likeness (QED) is 0.141. The summed E-state index contributed by atoms with van der Waals surface area (Å²) in [4.78, 5) is 0. The molecule has 0 nitrogen and oxygen atoms in total. The third-order valence-electron chi connectivity index (χ3n) is 12.1. The van der Waals surface area contributed by atoms with Crippen LogP contribution in [0.15, 0.2) is 97.1 Å². The Kier molecular flexibility index (Phi) is 3.59. The van der Waals surface area contributed by atoms with Crippen LogP contribution in [0, 0.1) is 17.8 Å². The summed E-state index contributed by atoms with van der Waals surface area (Å²) in [7, 11) is 0. The first-order valence-corrected chi connectivity index (χ1v) is 15.4. The van der Waals surface area contributed by atoms with Crippen molar-refractivity contribution in [2.24, 2.45) is 17.8 Å². The molecule has 1 spiro atoms.